The van der Waals surface area contributed by atoms with Crippen molar-refractivity contribution in [2.24, 2.45) is 0 Å². The van der Waals surface area contributed by atoms with E-state index in [2.05, 4.69) is 41.7 Å². The average Bonchev–Trinajstić information content (AvgIpc) is 2.56. The molecule has 0 unspecified atom stereocenters. The number of rotatable bonds is 1. The zero-order chi connectivity index (χ0) is 9.26. The molecule has 1 aliphatic rings. The van der Waals surface area contributed by atoms with E-state index in [4.69, 9.17) is 5.73 Å². The van der Waals surface area contributed by atoms with Crippen molar-refractivity contribution in [3.63, 3.8) is 0 Å². The maximum absolute atomic E-state index is 5.90. The molecular weight excluding hydrogens is 198 g/mol. The fourth-order valence-electron chi connectivity index (χ4n) is 1.27. The third-order valence-electron chi connectivity index (χ3n) is 1.89. The highest BCUT2D eigenvalue weighted by molar-refractivity contribution is 8.22. The molecule has 0 atom stereocenters. The molecule has 0 bridgehead atoms. The summed E-state index contributed by atoms with van der Waals surface area (Å²) in [6.45, 7) is 0. The number of anilines is 1. The second kappa shape index (κ2) is 3.52. The van der Waals surface area contributed by atoms with E-state index in [-0.39, 0.29) is 10.9 Å². The smallest absolute Gasteiger partial charge is 0.0452 e. The van der Waals surface area contributed by atoms with Crippen molar-refractivity contribution in [3.05, 3.63) is 41.2 Å². The van der Waals surface area contributed by atoms with E-state index < -0.39 is 0 Å². The Hall–Kier alpha value is -0.800. The van der Waals surface area contributed by atoms with Crippen molar-refractivity contribution in [1.29, 1.82) is 0 Å². The first kappa shape index (κ1) is 8.78. The standard InChI is InChI=1S/C10H11NS2/c11-9-7-8(12)3-4-10(9)13-5-1-2-6-13/h1-7,12-13H,11H2. The summed E-state index contributed by atoms with van der Waals surface area (Å²) in [4.78, 5) is 2.14. The molecule has 1 aromatic rings. The van der Waals surface area contributed by atoms with Crippen molar-refractivity contribution in [2.75, 3.05) is 5.73 Å². The summed E-state index contributed by atoms with van der Waals surface area (Å²) in [5.74, 6) is 0. The third-order valence-corrected chi connectivity index (χ3v) is 4.12. The van der Waals surface area contributed by atoms with Gasteiger partial charge in [-0.1, -0.05) is 12.2 Å². The van der Waals surface area contributed by atoms with E-state index >= 15 is 0 Å². The maximum atomic E-state index is 5.90. The predicted molar refractivity (Wildman–Crippen MR) is 63.6 cm³/mol. The average molecular weight is 209 g/mol. The Kier molecular flexibility index (Phi) is 2.38. The summed E-state index contributed by atoms with van der Waals surface area (Å²) >= 11 is 4.24. The van der Waals surface area contributed by atoms with Crippen molar-refractivity contribution in [2.45, 2.75) is 9.79 Å². The van der Waals surface area contributed by atoms with Gasteiger partial charge in [-0.2, -0.15) is 10.9 Å². The molecule has 0 saturated carbocycles. The number of hydrogen-bond acceptors (Lipinski definition) is 2. The van der Waals surface area contributed by atoms with Gasteiger partial charge in [-0.05, 0) is 29.0 Å². The fourth-order valence-corrected chi connectivity index (χ4v) is 3.09. The lowest BCUT2D eigenvalue weighted by molar-refractivity contribution is 1.37. The van der Waals surface area contributed by atoms with Gasteiger partial charge in [0.05, 0.1) is 0 Å². The van der Waals surface area contributed by atoms with Gasteiger partial charge in [-0.15, -0.1) is 12.6 Å². The first-order valence-electron chi connectivity index (χ1n) is 3.99. The summed E-state index contributed by atoms with van der Waals surface area (Å²) in [5.41, 5.74) is 6.74. The largest absolute Gasteiger partial charge is 0.398 e. The monoisotopic (exact) mass is 209 g/mol. The van der Waals surface area contributed by atoms with E-state index in [0.717, 1.165) is 10.6 Å². The van der Waals surface area contributed by atoms with Crippen LogP contribution in [0.15, 0.2) is 51.0 Å². The van der Waals surface area contributed by atoms with Crippen LogP contribution in [0.1, 0.15) is 0 Å². The first-order valence-corrected chi connectivity index (χ1v) is 5.92. The minimum atomic E-state index is -0.294. The van der Waals surface area contributed by atoms with Gasteiger partial charge in [0, 0.05) is 15.5 Å². The Bertz CT molecular complexity index is 371. The summed E-state index contributed by atoms with van der Waals surface area (Å²) in [6, 6.07) is 5.95. The summed E-state index contributed by atoms with van der Waals surface area (Å²) in [7, 11) is -0.294. The number of thiol groups is 2. The lowest BCUT2D eigenvalue weighted by Crippen LogP contribution is -1.89. The van der Waals surface area contributed by atoms with Gasteiger partial charge in [0.25, 0.3) is 0 Å². The Morgan fingerprint density at radius 2 is 1.85 bits per heavy atom. The molecular formula is C10H11NS2. The molecule has 1 aliphatic heterocycles. The van der Waals surface area contributed by atoms with E-state index in [1.165, 1.54) is 4.90 Å². The van der Waals surface area contributed by atoms with Gasteiger partial charge < -0.3 is 5.73 Å². The van der Waals surface area contributed by atoms with Crippen LogP contribution in [0.3, 0.4) is 0 Å². The zero-order valence-corrected chi connectivity index (χ0v) is 8.80. The number of hydrogen-bond donors (Lipinski definition) is 3. The van der Waals surface area contributed by atoms with Crippen molar-refractivity contribution >= 4 is 29.2 Å². The molecule has 2 rings (SSSR count). The molecule has 0 saturated heterocycles. The fraction of sp³-hybridized carbons (Fsp3) is 0. The highest BCUT2D eigenvalue weighted by Crippen LogP contribution is 2.45. The van der Waals surface area contributed by atoms with Gasteiger partial charge in [0.2, 0.25) is 0 Å². The molecule has 0 radical (unpaired) electrons. The van der Waals surface area contributed by atoms with Crippen LogP contribution in [0.4, 0.5) is 5.69 Å². The minimum Gasteiger partial charge on any atom is -0.398 e. The number of benzene rings is 1. The van der Waals surface area contributed by atoms with Crippen molar-refractivity contribution in [1.82, 2.24) is 0 Å². The molecule has 0 aliphatic carbocycles. The first-order chi connectivity index (χ1) is 6.27. The lowest BCUT2D eigenvalue weighted by Gasteiger charge is -2.13. The number of nitrogens with two attached hydrogens (primary N) is 1. The quantitative estimate of drug-likeness (QED) is 0.481. The highest BCUT2D eigenvalue weighted by atomic mass is 32.2. The zero-order valence-electron chi connectivity index (χ0n) is 7.01. The Labute approximate surface area is 86.1 Å². The van der Waals surface area contributed by atoms with Crippen LogP contribution in [0.25, 0.3) is 0 Å². The summed E-state index contributed by atoms with van der Waals surface area (Å²) < 4.78 is 0. The number of nitrogen functional groups attached to an aromatic ring is 1. The van der Waals surface area contributed by atoms with E-state index in [1.807, 2.05) is 12.1 Å². The lowest BCUT2D eigenvalue weighted by atomic mass is 10.3. The summed E-state index contributed by atoms with van der Waals surface area (Å²) in [6.07, 6.45) is 4.14. The van der Waals surface area contributed by atoms with Crippen LogP contribution in [-0.2, 0) is 0 Å². The normalized spacial score (nSPS) is 16.8. The SMILES string of the molecule is Nc1cc(S)ccc1[SH]1C=CC=C1. The second-order valence-corrected chi connectivity index (χ2v) is 5.24. The molecule has 0 spiro atoms. The second-order valence-electron chi connectivity index (χ2n) is 2.83. The van der Waals surface area contributed by atoms with Gasteiger partial charge in [0.1, 0.15) is 0 Å². The molecule has 1 heterocycles. The molecule has 0 amide bonds. The van der Waals surface area contributed by atoms with Gasteiger partial charge in [-0.3, -0.25) is 0 Å². The molecule has 2 N–H and O–H groups in total. The Morgan fingerprint density at radius 1 is 1.15 bits per heavy atom. The molecule has 3 heteroatoms. The van der Waals surface area contributed by atoms with Gasteiger partial charge >= 0.3 is 0 Å². The van der Waals surface area contributed by atoms with Gasteiger partial charge in [-0.25, -0.2) is 0 Å². The van der Waals surface area contributed by atoms with Crippen LogP contribution in [0.5, 0.6) is 0 Å². The predicted octanol–water partition coefficient (Wildman–Crippen LogP) is 2.96. The van der Waals surface area contributed by atoms with Crippen LogP contribution < -0.4 is 5.73 Å². The van der Waals surface area contributed by atoms with E-state index in [1.54, 1.807) is 0 Å². The van der Waals surface area contributed by atoms with E-state index in [0.29, 0.717) is 0 Å². The topological polar surface area (TPSA) is 26.0 Å². The molecule has 0 fully saturated rings. The maximum Gasteiger partial charge on any atom is 0.0452 e. The third kappa shape index (κ3) is 1.76. The van der Waals surface area contributed by atoms with Crippen molar-refractivity contribution in [3.8, 4) is 0 Å². The van der Waals surface area contributed by atoms with Crippen LogP contribution >= 0.6 is 23.5 Å². The van der Waals surface area contributed by atoms with Crippen LogP contribution in [-0.4, -0.2) is 0 Å². The molecule has 0 aromatic heterocycles. The van der Waals surface area contributed by atoms with Crippen molar-refractivity contribution < 1.29 is 0 Å². The van der Waals surface area contributed by atoms with Crippen LogP contribution in [0.2, 0.25) is 0 Å². The summed E-state index contributed by atoms with van der Waals surface area (Å²) in [5, 5.41) is 4.39. The molecule has 1 nitrogen and oxygen atoms in total. The molecule has 1 aromatic carbocycles. The van der Waals surface area contributed by atoms with E-state index in [9.17, 15) is 0 Å². The highest BCUT2D eigenvalue weighted by Gasteiger charge is 2.06. The van der Waals surface area contributed by atoms with Crippen LogP contribution in [0, 0.1) is 0 Å². The Morgan fingerprint density at radius 3 is 2.46 bits per heavy atom. The molecule has 13 heavy (non-hydrogen) atoms. The minimum absolute atomic E-state index is 0.294. The number of allylic oxidation sites excluding steroid dienone is 2. The Balaban J connectivity index is 2.40. The molecule has 68 valence electrons. The van der Waals surface area contributed by atoms with Gasteiger partial charge in [0.15, 0.2) is 0 Å².